The van der Waals surface area contributed by atoms with E-state index in [9.17, 15) is 0 Å². The summed E-state index contributed by atoms with van der Waals surface area (Å²) in [5.74, 6) is 0.683. The Kier molecular flexibility index (Phi) is 8.26. The highest BCUT2D eigenvalue weighted by atomic mass is 35.5. The molecule has 1 aromatic carbocycles. The van der Waals surface area contributed by atoms with E-state index in [1.54, 1.807) is 13.0 Å². The maximum absolute atomic E-state index is 9.11. The predicted molar refractivity (Wildman–Crippen MR) is 83.9 cm³/mol. The summed E-state index contributed by atoms with van der Waals surface area (Å²) in [4.78, 5) is 0. The monoisotopic (exact) mass is 320 g/mol. The molecule has 0 aliphatic rings. The van der Waals surface area contributed by atoms with E-state index in [2.05, 4.69) is 10.6 Å². The van der Waals surface area contributed by atoms with Gasteiger partial charge in [0, 0.05) is 36.8 Å². The van der Waals surface area contributed by atoms with Crippen LogP contribution in [0.1, 0.15) is 19.4 Å². The molecule has 0 spiro atoms. The molecule has 0 saturated heterocycles. The van der Waals surface area contributed by atoms with Crippen LogP contribution in [0.5, 0.6) is 5.75 Å². The minimum absolute atomic E-state index is 0.328. The van der Waals surface area contributed by atoms with Crippen molar-refractivity contribution in [2.24, 2.45) is 0 Å². The van der Waals surface area contributed by atoms with E-state index in [1.807, 2.05) is 13.0 Å². The van der Waals surface area contributed by atoms with Gasteiger partial charge in [-0.05, 0) is 26.0 Å². The highest BCUT2D eigenvalue weighted by Crippen LogP contribution is 2.32. The first-order chi connectivity index (χ1) is 9.54. The predicted octanol–water partition coefficient (Wildman–Crippen LogP) is 2.45. The average molecular weight is 321 g/mol. The van der Waals surface area contributed by atoms with Crippen molar-refractivity contribution in [3.8, 4) is 5.75 Å². The summed E-state index contributed by atoms with van der Waals surface area (Å²) in [5, 5.41) is 16.7. The molecule has 0 heterocycles. The quantitative estimate of drug-likeness (QED) is 0.612. The Balaban J connectivity index is 2.46. The number of aliphatic hydroxyl groups excluding tert-OH is 1. The summed E-state index contributed by atoms with van der Waals surface area (Å²) >= 11 is 12.1. The third kappa shape index (κ3) is 6.29. The maximum atomic E-state index is 9.11. The van der Waals surface area contributed by atoms with Gasteiger partial charge in [-0.1, -0.05) is 23.2 Å². The minimum Gasteiger partial charge on any atom is -0.492 e. The SMILES string of the molecule is CCOc1c(Cl)cc(Cl)cc1CNCCNC[C@H](C)O. The van der Waals surface area contributed by atoms with Crippen molar-refractivity contribution in [3.63, 3.8) is 0 Å². The molecule has 0 aliphatic carbocycles. The van der Waals surface area contributed by atoms with Crippen LogP contribution in [0.3, 0.4) is 0 Å². The van der Waals surface area contributed by atoms with Crippen molar-refractivity contribution in [2.75, 3.05) is 26.2 Å². The first-order valence-corrected chi connectivity index (χ1v) is 7.50. The Morgan fingerprint density at radius 2 is 1.95 bits per heavy atom. The normalized spacial score (nSPS) is 12.4. The van der Waals surface area contributed by atoms with Crippen LogP contribution in [-0.4, -0.2) is 37.5 Å². The van der Waals surface area contributed by atoms with Crippen molar-refractivity contribution in [2.45, 2.75) is 26.5 Å². The molecule has 114 valence electrons. The Bertz CT molecular complexity index is 414. The summed E-state index contributed by atoms with van der Waals surface area (Å²) in [6.45, 7) is 7.02. The molecule has 0 amide bonds. The summed E-state index contributed by atoms with van der Waals surface area (Å²) in [6.07, 6.45) is -0.328. The van der Waals surface area contributed by atoms with E-state index in [0.717, 1.165) is 18.7 Å². The molecule has 6 heteroatoms. The van der Waals surface area contributed by atoms with Gasteiger partial charge in [0.25, 0.3) is 0 Å². The van der Waals surface area contributed by atoms with Gasteiger partial charge in [0.1, 0.15) is 5.75 Å². The van der Waals surface area contributed by atoms with Gasteiger partial charge in [-0.3, -0.25) is 0 Å². The number of halogens is 2. The van der Waals surface area contributed by atoms with Gasteiger partial charge in [-0.25, -0.2) is 0 Å². The van der Waals surface area contributed by atoms with Crippen LogP contribution in [0.25, 0.3) is 0 Å². The van der Waals surface area contributed by atoms with Crippen LogP contribution in [0.4, 0.5) is 0 Å². The first kappa shape index (κ1) is 17.5. The molecule has 1 atom stereocenters. The van der Waals surface area contributed by atoms with Gasteiger partial charge < -0.3 is 20.5 Å². The second-order valence-corrected chi connectivity index (χ2v) is 5.38. The van der Waals surface area contributed by atoms with Crippen LogP contribution in [-0.2, 0) is 6.54 Å². The molecule has 0 unspecified atom stereocenters. The van der Waals surface area contributed by atoms with Crippen molar-refractivity contribution in [1.29, 1.82) is 0 Å². The van der Waals surface area contributed by atoms with E-state index in [4.69, 9.17) is 33.0 Å². The number of hydrogen-bond donors (Lipinski definition) is 3. The van der Waals surface area contributed by atoms with Gasteiger partial charge in [0.15, 0.2) is 0 Å². The molecule has 20 heavy (non-hydrogen) atoms. The van der Waals surface area contributed by atoms with E-state index >= 15 is 0 Å². The fourth-order valence-electron chi connectivity index (χ4n) is 1.76. The zero-order valence-corrected chi connectivity index (χ0v) is 13.4. The molecule has 0 aromatic heterocycles. The number of hydrogen-bond acceptors (Lipinski definition) is 4. The Labute approximate surface area is 130 Å². The topological polar surface area (TPSA) is 53.5 Å². The third-order valence-electron chi connectivity index (χ3n) is 2.61. The highest BCUT2D eigenvalue weighted by Gasteiger charge is 2.10. The first-order valence-electron chi connectivity index (χ1n) is 6.74. The standard InChI is InChI=1S/C14H22Cl2N2O2/c1-3-20-14-11(6-12(15)7-13(14)16)9-18-5-4-17-8-10(2)19/h6-7,10,17-19H,3-5,8-9H2,1-2H3/t10-/m0/s1. The summed E-state index contributed by atoms with van der Waals surface area (Å²) in [5.41, 5.74) is 0.944. The van der Waals surface area contributed by atoms with Crippen molar-refractivity contribution in [3.05, 3.63) is 27.7 Å². The van der Waals surface area contributed by atoms with Gasteiger partial charge in [0.05, 0.1) is 17.7 Å². The maximum Gasteiger partial charge on any atom is 0.142 e. The molecule has 0 aliphatic heterocycles. The molecule has 0 radical (unpaired) electrons. The number of aliphatic hydroxyl groups is 1. The number of benzene rings is 1. The molecule has 0 saturated carbocycles. The van der Waals surface area contributed by atoms with Crippen molar-refractivity contribution in [1.82, 2.24) is 10.6 Å². The van der Waals surface area contributed by atoms with Crippen LogP contribution < -0.4 is 15.4 Å². The zero-order valence-electron chi connectivity index (χ0n) is 11.9. The molecular weight excluding hydrogens is 299 g/mol. The second-order valence-electron chi connectivity index (χ2n) is 4.54. The van der Waals surface area contributed by atoms with E-state index in [-0.39, 0.29) is 6.10 Å². The summed E-state index contributed by atoms with van der Waals surface area (Å²) < 4.78 is 5.55. The molecule has 3 N–H and O–H groups in total. The van der Waals surface area contributed by atoms with E-state index < -0.39 is 0 Å². The van der Waals surface area contributed by atoms with Crippen LogP contribution in [0.2, 0.25) is 10.0 Å². The number of nitrogens with one attached hydrogen (secondary N) is 2. The fourth-order valence-corrected chi connectivity index (χ4v) is 2.35. The van der Waals surface area contributed by atoms with E-state index in [0.29, 0.717) is 35.5 Å². The molecule has 0 fully saturated rings. The van der Waals surface area contributed by atoms with Gasteiger partial charge in [0.2, 0.25) is 0 Å². The molecule has 1 aromatic rings. The highest BCUT2D eigenvalue weighted by molar-refractivity contribution is 6.35. The molecule has 0 bridgehead atoms. The summed E-state index contributed by atoms with van der Waals surface area (Å²) in [7, 11) is 0. The molecular formula is C14H22Cl2N2O2. The Morgan fingerprint density at radius 3 is 2.60 bits per heavy atom. The van der Waals surface area contributed by atoms with Crippen LogP contribution in [0, 0.1) is 0 Å². The minimum atomic E-state index is -0.328. The zero-order chi connectivity index (χ0) is 15.0. The Hall–Kier alpha value is -0.520. The van der Waals surface area contributed by atoms with Gasteiger partial charge >= 0.3 is 0 Å². The lowest BCUT2D eigenvalue weighted by atomic mass is 10.2. The third-order valence-corrected chi connectivity index (χ3v) is 3.11. The largest absolute Gasteiger partial charge is 0.492 e. The van der Waals surface area contributed by atoms with Crippen molar-refractivity contribution < 1.29 is 9.84 Å². The second kappa shape index (κ2) is 9.42. The summed E-state index contributed by atoms with van der Waals surface area (Å²) in [6, 6.07) is 3.54. The molecule has 1 rings (SSSR count). The van der Waals surface area contributed by atoms with Gasteiger partial charge in [-0.2, -0.15) is 0 Å². The van der Waals surface area contributed by atoms with Crippen LogP contribution in [0.15, 0.2) is 12.1 Å². The van der Waals surface area contributed by atoms with Gasteiger partial charge in [-0.15, -0.1) is 0 Å². The lowest BCUT2D eigenvalue weighted by Gasteiger charge is -2.14. The average Bonchev–Trinajstić information content (AvgIpc) is 2.37. The number of rotatable bonds is 9. The smallest absolute Gasteiger partial charge is 0.142 e. The van der Waals surface area contributed by atoms with Crippen molar-refractivity contribution >= 4 is 23.2 Å². The fraction of sp³-hybridized carbons (Fsp3) is 0.571. The lowest BCUT2D eigenvalue weighted by molar-refractivity contribution is 0.191. The van der Waals surface area contributed by atoms with E-state index in [1.165, 1.54) is 0 Å². The number of ether oxygens (including phenoxy) is 1. The lowest BCUT2D eigenvalue weighted by Crippen LogP contribution is -2.31. The Morgan fingerprint density at radius 1 is 1.25 bits per heavy atom. The molecule has 4 nitrogen and oxygen atoms in total. The van der Waals surface area contributed by atoms with Crippen LogP contribution >= 0.6 is 23.2 Å².